The highest BCUT2D eigenvalue weighted by atomic mass is 31.2. The third-order valence-electron chi connectivity index (χ3n) is 16.1. The molecule has 0 aliphatic carbocycles. The first-order valence-corrected chi connectivity index (χ1v) is 42.4. The number of phosphoric acid groups is 2. The van der Waals surface area contributed by atoms with E-state index in [-0.39, 0.29) is 25.7 Å². The van der Waals surface area contributed by atoms with Crippen molar-refractivity contribution in [2.45, 2.75) is 329 Å². The molecule has 0 aromatic carbocycles. The Bertz CT molecular complexity index is 2460. The Morgan fingerprint density at radius 3 is 0.863 bits per heavy atom. The summed E-state index contributed by atoms with van der Waals surface area (Å²) < 4.78 is 68.4. The molecule has 102 heavy (non-hydrogen) atoms. The van der Waals surface area contributed by atoms with E-state index in [1.807, 2.05) is 18.2 Å². The van der Waals surface area contributed by atoms with Crippen molar-refractivity contribution in [3.8, 4) is 0 Å². The van der Waals surface area contributed by atoms with Crippen molar-refractivity contribution in [3.05, 3.63) is 134 Å². The molecule has 584 valence electrons. The number of hydrogen-bond acceptors (Lipinski definition) is 15. The number of aliphatic hydroxyl groups excluding tert-OH is 1. The van der Waals surface area contributed by atoms with Crippen LogP contribution in [0.1, 0.15) is 310 Å². The second-order valence-electron chi connectivity index (χ2n) is 25.9. The fourth-order valence-electron chi connectivity index (χ4n) is 10.2. The van der Waals surface area contributed by atoms with Crippen LogP contribution in [0, 0.1) is 0 Å². The molecular weight excluding hydrogens is 1330 g/mol. The van der Waals surface area contributed by atoms with Gasteiger partial charge in [-0.15, -0.1) is 0 Å². The smallest absolute Gasteiger partial charge is 0.462 e. The first-order chi connectivity index (χ1) is 49.7. The summed E-state index contributed by atoms with van der Waals surface area (Å²) in [5.74, 6) is -2.30. The fraction of sp³-hybridized carbons (Fsp3) is 0.687. The highest BCUT2D eigenvalue weighted by Crippen LogP contribution is 2.45. The van der Waals surface area contributed by atoms with Gasteiger partial charge in [0.05, 0.1) is 26.4 Å². The quantitative estimate of drug-likeness (QED) is 0.0169. The molecule has 0 aromatic heterocycles. The van der Waals surface area contributed by atoms with E-state index in [0.717, 1.165) is 148 Å². The third-order valence-corrected chi connectivity index (χ3v) is 18.0. The van der Waals surface area contributed by atoms with Crippen LogP contribution >= 0.6 is 15.6 Å². The van der Waals surface area contributed by atoms with Gasteiger partial charge in [-0.3, -0.25) is 37.3 Å². The third kappa shape index (κ3) is 73.5. The second-order valence-corrected chi connectivity index (χ2v) is 28.8. The largest absolute Gasteiger partial charge is 0.472 e. The first kappa shape index (κ1) is 97.2. The molecule has 0 rings (SSSR count). The van der Waals surface area contributed by atoms with Gasteiger partial charge in [-0.05, 0) is 128 Å². The van der Waals surface area contributed by atoms with Crippen LogP contribution in [0.3, 0.4) is 0 Å². The molecule has 0 bridgehead atoms. The number of carbonyl (C=O) groups excluding carboxylic acids is 4. The van der Waals surface area contributed by atoms with Crippen LogP contribution in [0.15, 0.2) is 134 Å². The van der Waals surface area contributed by atoms with Gasteiger partial charge in [0.15, 0.2) is 12.2 Å². The lowest BCUT2D eigenvalue weighted by molar-refractivity contribution is -0.161. The standard InChI is InChI=1S/C83H140O17P2/c1-5-9-13-17-21-25-29-33-35-37-38-40-42-46-48-52-56-60-64-68-81(86)94-74-79(100-83(88)70-66-62-58-54-50-44-32-28-24-20-16-12-8-4)76-98-102(91,92)96-72-77(84)71-95-101(89,90)97-75-78(99-82(87)69-65-61-57-53-49-43-31-27-23-19-15-11-7-3)73-93-80(85)67-63-59-55-51-47-45-41-39-36-34-30-26-22-18-14-10-6-2/h9-10,13-14,21-22,25-26,28,32-36,38,40-41,45-46,48,56,60,77-79,84H,5-8,11-12,15-20,23-24,27,29-31,37,39,42-44,47,49-55,57-59,61-76H2,1-4H3,(H,89,90)(H,91,92)/b13-9-,14-10-,25-21-,26-22-,32-28-,35-33-,36-34-,40-38-,45-41-,48-46-,60-56-. The Hall–Kier alpha value is -4.80. The van der Waals surface area contributed by atoms with Gasteiger partial charge in [-0.2, -0.15) is 0 Å². The highest BCUT2D eigenvalue weighted by Gasteiger charge is 2.30. The molecule has 0 amide bonds. The number of hydrogen-bond donors (Lipinski definition) is 3. The number of allylic oxidation sites excluding steroid dienone is 22. The summed E-state index contributed by atoms with van der Waals surface area (Å²) in [6, 6.07) is 0. The number of unbranched alkanes of at least 4 members (excludes halogenated alkanes) is 25. The number of ether oxygens (including phenoxy) is 4. The molecule has 19 heteroatoms. The number of carbonyl (C=O) groups is 4. The minimum Gasteiger partial charge on any atom is -0.462 e. The molecule has 0 radical (unpaired) electrons. The maximum Gasteiger partial charge on any atom is 0.472 e. The van der Waals surface area contributed by atoms with Crippen molar-refractivity contribution < 1.29 is 80.2 Å². The highest BCUT2D eigenvalue weighted by molar-refractivity contribution is 7.47. The van der Waals surface area contributed by atoms with E-state index in [0.29, 0.717) is 32.1 Å². The van der Waals surface area contributed by atoms with Crippen molar-refractivity contribution in [1.82, 2.24) is 0 Å². The lowest BCUT2D eigenvalue weighted by atomic mass is 10.0. The minimum atomic E-state index is -5.00. The van der Waals surface area contributed by atoms with Gasteiger partial charge in [0.1, 0.15) is 19.3 Å². The van der Waals surface area contributed by atoms with Gasteiger partial charge < -0.3 is 33.8 Å². The molecule has 0 saturated carbocycles. The van der Waals surface area contributed by atoms with Gasteiger partial charge >= 0.3 is 39.5 Å². The monoisotopic (exact) mass is 1470 g/mol. The van der Waals surface area contributed by atoms with Crippen LogP contribution in [-0.4, -0.2) is 96.7 Å². The van der Waals surface area contributed by atoms with Crippen molar-refractivity contribution in [2.75, 3.05) is 39.6 Å². The van der Waals surface area contributed by atoms with E-state index < -0.39 is 97.5 Å². The summed E-state index contributed by atoms with van der Waals surface area (Å²) in [6.07, 6.45) is 83.1. The lowest BCUT2D eigenvalue weighted by Crippen LogP contribution is -2.30. The Kier molecular flexibility index (Phi) is 71.0. The molecule has 0 aliphatic heterocycles. The van der Waals surface area contributed by atoms with E-state index in [9.17, 15) is 43.2 Å². The summed E-state index contributed by atoms with van der Waals surface area (Å²) in [5, 5.41) is 10.6. The van der Waals surface area contributed by atoms with Crippen LogP contribution in [0.25, 0.3) is 0 Å². The zero-order valence-corrected chi connectivity index (χ0v) is 65.5. The van der Waals surface area contributed by atoms with Gasteiger partial charge in [0, 0.05) is 25.7 Å². The molecule has 17 nitrogen and oxygen atoms in total. The zero-order chi connectivity index (χ0) is 74.6. The summed E-state index contributed by atoms with van der Waals surface area (Å²) in [4.78, 5) is 72.9. The maximum absolute atomic E-state index is 13.1. The van der Waals surface area contributed by atoms with E-state index in [1.54, 1.807) is 0 Å². The van der Waals surface area contributed by atoms with Crippen LogP contribution in [-0.2, 0) is 65.4 Å². The molecule has 0 fully saturated rings. The second kappa shape index (κ2) is 74.5. The Morgan fingerprint density at radius 1 is 0.284 bits per heavy atom. The van der Waals surface area contributed by atoms with Crippen molar-refractivity contribution in [3.63, 3.8) is 0 Å². The number of phosphoric ester groups is 2. The first-order valence-electron chi connectivity index (χ1n) is 39.4. The predicted octanol–water partition coefficient (Wildman–Crippen LogP) is 22.9. The van der Waals surface area contributed by atoms with Crippen molar-refractivity contribution in [2.24, 2.45) is 0 Å². The van der Waals surface area contributed by atoms with E-state index in [4.69, 9.17) is 37.0 Å². The van der Waals surface area contributed by atoms with Crippen LogP contribution in [0.5, 0.6) is 0 Å². The van der Waals surface area contributed by atoms with Gasteiger partial charge in [0.25, 0.3) is 0 Å². The molecular formula is C83H140O17P2. The Labute approximate surface area is 618 Å². The summed E-state index contributed by atoms with van der Waals surface area (Å²) >= 11 is 0. The molecule has 5 atom stereocenters. The zero-order valence-electron chi connectivity index (χ0n) is 63.7. The summed E-state index contributed by atoms with van der Waals surface area (Å²) in [6.45, 7) is 4.52. The normalized spacial score (nSPS) is 14.6. The molecule has 0 aromatic rings. The van der Waals surface area contributed by atoms with Crippen molar-refractivity contribution >= 4 is 39.5 Å². The van der Waals surface area contributed by atoms with Gasteiger partial charge in [-0.25, -0.2) is 9.13 Å². The minimum absolute atomic E-state index is 0.0322. The number of aliphatic hydroxyl groups is 1. The Morgan fingerprint density at radius 2 is 0.529 bits per heavy atom. The fourth-order valence-corrected chi connectivity index (χ4v) is 11.8. The molecule has 5 unspecified atom stereocenters. The van der Waals surface area contributed by atoms with E-state index in [2.05, 4.69) is 143 Å². The van der Waals surface area contributed by atoms with Crippen LogP contribution in [0.2, 0.25) is 0 Å². The van der Waals surface area contributed by atoms with Gasteiger partial charge in [0.2, 0.25) is 0 Å². The van der Waals surface area contributed by atoms with Crippen LogP contribution < -0.4 is 0 Å². The van der Waals surface area contributed by atoms with E-state index >= 15 is 0 Å². The predicted molar refractivity (Wildman–Crippen MR) is 418 cm³/mol. The average Bonchev–Trinajstić information content (AvgIpc) is 0.909. The average molecular weight is 1470 g/mol. The summed E-state index contributed by atoms with van der Waals surface area (Å²) in [7, 11) is -9.98. The molecule has 0 heterocycles. The maximum atomic E-state index is 13.1. The molecule has 0 spiro atoms. The number of esters is 4. The van der Waals surface area contributed by atoms with Crippen molar-refractivity contribution in [1.29, 1.82) is 0 Å². The Balaban J connectivity index is 5.42. The SMILES string of the molecule is CC/C=C\C/C=C\C/C=C\C/C=C\C/C=C\C/C=C\CCC(=O)OCC(COP(=O)(O)OCC(O)COP(=O)(O)OCC(COC(=O)CCCCCC/C=C\C/C=C\C/C=C\C/C=C\CC)OC(=O)CCCCCCCCCCCCCCC)OC(=O)CCCCCCC/C=C\CCCCCC. The van der Waals surface area contributed by atoms with Crippen LogP contribution in [0.4, 0.5) is 0 Å². The van der Waals surface area contributed by atoms with Gasteiger partial charge in [-0.1, -0.05) is 290 Å². The molecule has 3 N–H and O–H groups in total. The molecule has 0 saturated heterocycles. The molecule has 0 aliphatic rings. The topological polar surface area (TPSA) is 237 Å². The number of rotatable bonds is 73. The van der Waals surface area contributed by atoms with E-state index in [1.165, 1.54) is 77.0 Å². The summed E-state index contributed by atoms with van der Waals surface area (Å²) in [5.41, 5.74) is 0. The lowest BCUT2D eigenvalue weighted by Gasteiger charge is -2.21.